The molecule has 0 atom stereocenters. The third-order valence-corrected chi connectivity index (χ3v) is 5.48. The Morgan fingerprint density at radius 3 is 2.57 bits per heavy atom. The summed E-state index contributed by atoms with van der Waals surface area (Å²) in [5.41, 5.74) is 7.92. The molecule has 1 amide bonds. The lowest BCUT2D eigenvalue weighted by molar-refractivity contribution is 0.0954. The smallest absolute Gasteiger partial charge is 0.267 e. The van der Waals surface area contributed by atoms with Gasteiger partial charge in [0, 0.05) is 20.9 Å². The van der Waals surface area contributed by atoms with Crippen molar-refractivity contribution in [2.24, 2.45) is 5.10 Å². The van der Waals surface area contributed by atoms with Crippen molar-refractivity contribution in [3.63, 3.8) is 0 Å². The molecule has 4 rings (SSSR count). The molecule has 3 aromatic carbocycles. The van der Waals surface area contributed by atoms with Crippen molar-refractivity contribution in [1.29, 1.82) is 0 Å². The zero-order valence-electron chi connectivity index (χ0n) is 16.3. The van der Waals surface area contributed by atoms with Crippen LogP contribution in [0.25, 0.3) is 16.9 Å². The van der Waals surface area contributed by atoms with E-state index in [1.807, 2.05) is 84.5 Å². The molecule has 1 N–H and O–H groups in total. The van der Waals surface area contributed by atoms with Gasteiger partial charge in [0.05, 0.1) is 17.5 Å². The SMILES string of the molecule is Cc1cccc(-c2nn(-c3ccccc3)cc2/C=N/NC(=O)c2ccccc2I)c1. The van der Waals surface area contributed by atoms with Crippen molar-refractivity contribution in [3.8, 4) is 16.9 Å². The Morgan fingerprint density at radius 1 is 1.03 bits per heavy atom. The fraction of sp³-hybridized carbons (Fsp3) is 0.0417. The Kier molecular flexibility index (Phi) is 6.04. The molecule has 0 radical (unpaired) electrons. The Balaban J connectivity index is 1.66. The van der Waals surface area contributed by atoms with Crippen LogP contribution in [0, 0.1) is 10.5 Å². The van der Waals surface area contributed by atoms with Crippen LogP contribution in [-0.2, 0) is 0 Å². The topological polar surface area (TPSA) is 59.3 Å². The largest absolute Gasteiger partial charge is 0.272 e. The number of benzene rings is 3. The van der Waals surface area contributed by atoms with Crippen molar-refractivity contribution in [1.82, 2.24) is 15.2 Å². The van der Waals surface area contributed by atoms with Gasteiger partial charge in [0.2, 0.25) is 0 Å². The molecular formula is C24H19IN4O. The van der Waals surface area contributed by atoms with Gasteiger partial charge in [-0.25, -0.2) is 10.1 Å². The molecule has 0 bridgehead atoms. The zero-order chi connectivity index (χ0) is 20.9. The Hall–Kier alpha value is -3.26. The summed E-state index contributed by atoms with van der Waals surface area (Å²) in [7, 11) is 0. The highest BCUT2D eigenvalue weighted by atomic mass is 127. The van der Waals surface area contributed by atoms with Crippen LogP contribution < -0.4 is 5.43 Å². The first-order valence-corrected chi connectivity index (χ1v) is 10.5. The van der Waals surface area contributed by atoms with Crippen molar-refractivity contribution in [3.05, 3.63) is 105 Å². The monoisotopic (exact) mass is 506 g/mol. The van der Waals surface area contributed by atoms with Crippen molar-refractivity contribution in [2.75, 3.05) is 0 Å². The number of amides is 1. The van der Waals surface area contributed by atoms with Gasteiger partial charge in [0.25, 0.3) is 5.91 Å². The summed E-state index contributed by atoms with van der Waals surface area (Å²) in [4.78, 5) is 12.4. The van der Waals surface area contributed by atoms with Gasteiger partial charge >= 0.3 is 0 Å². The van der Waals surface area contributed by atoms with Gasteiger partial charge in [0.1, 0.15) is 5.69 Å². The molecule has 0 fully saturated rings. The maximum absolute atomic E-state index is 12.4. The van der Waals surface area contributed by atoms with E-state index in [4.69, 9.17) is 5.10 Å². The summed E-state index contributed by atoms with van der Waals surface area (Å²) in [5.74, 6) is -0.246. The minimum Gasteiger partial charge on any atom is -0.267 e. The number of hydrogen-bond acceptors (Lipinski definition) is 3. The first-order valence-electron chi connectivity index (χ1n) is 9.42. The highest BCUT2D eigenvalue weighted by Gasteiger charge is 2.12. The van der Waals surface area contributed by atoms with E-state index in [1.165, 1.54) is 0 Å². The highest BCUT2D eigenvalue weighted by molar-refractivity contribution is 14.1. The van der Waals surface area contributed by atoms with Crippen LogP contribution in [0.2, 0.25) is 0 Å². The summed E-state index contributed by atoms with van der Waals surface area (Å²) in [5, 5.41) is 8.97. The number of aryl methyl sites for hydroxylation is 1. The predicted molar refractivity (Wildman–Crippen MR) is 128 cm³/mol. The number of halogens is 1. The number of hydrogen-bond donors (Lipinski definition) is 1. The molecule has 0 spiro atoms. The predicted octanol–water partition coefficient (Wildman–Crippen LogP) is 5.22. The van der Waals surface area contributed by atoms with Gasteiger partial charge in [-0.2, -0.15) is 10.2 Å². The zero-order valence-corrected chi connectivity index (χ0v) is 18.4. The lowest BCUT2D eigenvalue weighted by Gasteiger charge is -2.02. The van der Waals surface area contributed by atoms with Crippen LogP contribution in [-0.4, -0.2) is 21.9 Å². The maximum Gasteiger partial charge on any atom is 0.272 e. The third kappa shape index (κ3) is 4.49. The van der Waals surface area contributed by atoms with E-state index in [-0.39, 0.29) is 5.91 Å². The second-order valence-electron chi connectivity index (χ2n) is 6.76. The molecule has 0 aliphatic carbocycles. The second kappa shape index (κ2) is 9.04. The van der Waals surface area contributed by atoms with Crippen LogP contribution in [0.15, 0.2) is 90.2 Å². The Morgan fingerprint density at radius 2 is 1.80 bits per heavy atom. The minimum atomic E-state index is -0.246. The summed E-state index contributed by atoms with van der Waals surface area (Å²) < 4.78 is 2.70. The summed E-state index contributed by atoms with van der Waals surface area (Å²) >= 11 is 2.14. The van der Waals surface area contributed by atoms with Crippen molar-refractivity contribution in [2.45, 2.75) is 6.92 Å². The Bertz CT molecular complexity index is 1210. The fourth-order valence-corrected chi connectivity index (χ4v) is 3.71. The number of para-hydroxylation sites is 1. The van der Waals surface area contributed by atoms with Crippen LogP contribution >= 0.6 is 22.6 Å². The van der Waals surface area contributed by atoms with E-state index in [1.54, 1.807) is 12.3 Å². The van der Waals surface area contributed by atoms with E-state index in [0.717, 1.165) is 31.6 Å². The molecule has 0 aliphatic rings. The lowest BCUT2D eigenvalue weighted by atomic mass is 10.1. The normalized spacial score (nSPS) is 11.0. The van der Waals surface area contributed by atoms with Crippen LogP contribution in [0.5, 0.6) is 0 Å². The number of rotatable bonds is 5. The molecule has 0 aliphatic heterocycles. The molecule has 6 heteroatoms. The minimum absolute atomic E-state index is 0.246. The molecule has 0 saturated carbocycles. The maximum atomic E-state index is 12.4. The number of aromatic nitrogens is 2. The van der Waals surface area contributed by atoms with Crippen molar-refractivity contribution < 1.29 is 4.79 Å². The summed E-state index contributed by atoms with van der Waals surface area (Å²) in [6, 6.07) is 25.5. The number of nitrogens with zero attached hydrogens (tertiary/aromatic N) is 3. The van der Waals surface area contributed by atoms with Gasteiger partial charge in [-0.3, -0.25) is 4.79 Å². The molecule has 1 aromatic heterocycles. The number of hydrazone groups is 1. The van der Waals surface area contributed by atoms with E-state index >= 15 is 0 Å². The first-order chi connectivity index (χ1) is 14.6. The Labute approximate surface area is 188 Å². The quantitative estimate of drug-likeness (QED) is 0.229. The summed E-state index contributed by atoms with van der Waals surface area (Å²) in [6.07, 6.45) is 3.55. The number of carbonyl (C=O) groups excluding carboxylic acids is 1. The summed E-state index contributed by atoms with van der Waals surface area (Å²) in [6.45, 7) is 2.05. The molecule has 0 unspecified atom stereocenters. The third-order valence-electron chi connectivity index (χ3n) is 4.54. The van der Waals surface area contributed by atoms with E-state index in [9.17, 15) is 4.79 Å². The first kappa shape index (κ1) is 20.0. The molecule has 5 nitrogen and oxygen atoms in total. The molecule has 0 saturated heterocycles. The van der Waals surface area contributed by atoms with Crippen LogP contribution in [0.3, 0.4) is 0 Å². The van der Waals surface area contributed by atoms with Crippen LogP contribution in [0.4, 0.5) is 0 Å². The lowest BCUT2D eigenvalue weighted by Crippen LogP contribution is -2.18. The molecule has 4 aromatic rings. The van der Waals surface area contributed by atoms with Gasteiger partial charge in [0.15, 0.2) is 0 Å². The van der Waals surface area contributed by atoms with E-state index < -0.39 is 0 Å². The van der Waals surface area contributed by atoms with Crippen LogP contribution in [0.1, 0.15) is 21.5 Å². The average molecular weight is 506 g/mol. The molecule has 148 valence electrons. The number of nitrogens with one attached hydrogen (secondary N) is 1. The second-order valence-corrected chi connectivity index (χ2v) is 7.92. The highest BCUT2D eigenvalue weighted by Crippen LogP contribution is 2.23. The molecule has 1 heterocycles. The van der Waals surface area contributed by atoms with E-state index in [2.05, 4.69) is 39.2 Å². The van der Waals surface area contributed by atoms with Gasteiger partial charge < -0.3 is 0 Å². The fourth-order valence-electron chi connectivity index (χ4n) is 3.08. The van der Waals surface area contributed by atoms with Crippen molar-refractivity contribution >= 4 is 34.7 Å². The molecule has 30 heavy (non-hydrogen) atoms. The average Bonchev–Trinajstić information content (AvgIpc) is 3.19. The number of carbonyl (C=O) groups is 1. The van der Waals surface area contributed by atoms with E-state index in [0.29, 0.717) is 5.56 Å². The van der Waals surface area contributed by atoms with Gasteiger partial charge in [-0.05, 0) is 59.8 Å². The van der Waals surface area contributed by atoms with Gasteiger partial charge in [-0.15, -0.1) is 0 Å². The molecular weight excluding hydrogens is 487 g/mol. The van der Waals surface area contributed by atoms with Gasteiger partial charge in [-0.1, -0.05) is 54.1 Å². The standard InChI is InChI=1S/C24H19IN4O/c1-17-8-7-9-18(14-17)23-19(16-29(28-23)20-10-3-2-4-11-20)15-26-27-24(30)21-12-5-6-13-22(21)25/h2-16H,1H3,(H,27,30)/b26-15+.